The minimum atomic E-state index is -1.13. The van der Waals surface area contributed by atoms with E-state index in [4.69, 9.17) is 5.11 Å². The Balaban J connectivity index is 2.69. The Hall–Kier alpha value is -2.34. The number of nitrogens with zero attached hydrogens (tertiary/aromatic N) is 1. The number of fused-ring (bicyclic) bond motifs is 1. The van der Waals surface area contributed by atoms with Gasteiger partial charge in [-0.25, -0.2) is 4.79 Å². The van der Waals surface area contributed by atoms with Crippen LogP contribution in [0.2, 0.25) is 0 Å². The van der Waals surface area contributed by atoms with Crippen LogP contribution in [0.25, 0.3) is 10.9 Å². The van der Waals surface area contributed by atoms with Crippen molar-refractivity contribution in [3.63, 3.8) is 0 Å². The summed E-state index contributed by atoms with van der Waals surface area (Å²) in [4.78, 5) is 14.8. The van der Waals surface area contributed by atoms with Gasteiger partial charge in [-0.2, -0.15) is 0 Å². The summed E-state index contributed by atoms with van der Waals surface area (Å²) in [5.74, 6) is 3.63. The predicted molar refractivity (Wildman–Crippen MR) is 61.0 cm³/mol. The fourth-order valence-corrected chi connectivity index (χ4v) is 1.53. The van der Waals surface area contributed by atoms with Gasteiger partial charge in [-0.05, 0) is 19.1 Å². The van der Waals surface area contributed by atoms with Gasteiger partial charge in [-0.1, -0.05) is 24.1 Å². The van der Waals surface area contributed by atoms with Gasteiger partial charge in [0, 0.05) is 22.6 Å². The van der Waals surface area contributed by atoms with Crippen LogP contribution in [0.15, 0.2) is 30.3 Å². The van der Waals surface area contributed by atoms with Crippen molar-refractivity contribution < 1.29 is 9.90 Å². The van der Waals surface area contributed by atoms with Crippen LogP contribution in [0.1, 0.15) is 11.3 Å². The highest BCUT2D eigenvalue weighted by atomic mass is 16.4. The highest BCUT2D eigenvalue weighted by molar-refractivity contribution is 5.90. The number of aliphatic carboxylic acids is 1. The van der Waals surface area contributed by atoms with E-state index in [2.05, 4.69) is 16.8 Å². The Morgan fingerprint density at radius 1 is 1.38 bits per heavy atom. The van der Waals surface area contributed by atoms with Crippen LogP contribution in [0, 0.1) is 18.8 Å². The van der Waals surface area contributed by atoms with Gasteiger partial charge in [0.05, 0.1) is 5.52 Å². The summed E-state index contributed by atoms with van der Waals surface area (Å²) in [7, 11) is 0. The summed E-state index contributed by atoms with van der Waals surface area (Å²) in [5, 5.41) is 9.40. The third-order valence-corrected chi connectivity index (χ3v) is 2.15. The Labute approximate surface area is 92.7 Å². The van der Waals surface area contributed by atoms with Gasteiger partial charge in [0.2, 0.25) is 0 Å². The zero-order chi connectivity index (χ0) is 11.5. The Morgan fingerprint density at radius 2 is 2.12 bits per heavy atom. The highest BCUT2D eigenvalue weighted by Gasteiger charge is 2.00. The molecule has 16 heavy (non-hydrogen) atoms. The third kappa shape index (κ3) is 2.01. The summed E-state index contributed by atoms with van der Waals surface area (Å²) in [6.07, 6.45) is 0. The zero-order valence-electron chi connectivity index (χ0n) is 8.69. The van der Waals surface area contributed by atoms with Crippen molar-refractivity contribution in [2.75, 3.05) is 0 Å². The fraction of sp³-hybridized carbons (Fsp3) is 0.0769. The molecule has 2 aromatic rings. The topological polar surface area (TPSA) is 50.2 Å². The molecule has 2 rings (SSSR count). The fourth-order valence-electron chi connectivity index (χ4n) is 1.53. The van der Waals surface area contributed by atoms with Gasteiger partial charge in [0.1, 0.15) is 0 Å². The van der Waals surface area contributed by atoms with Gasteiger partial charge in [0.15, 0.2) is 0 Å². The molecule has 3 nitrogen and oxygen atoms in total. The van der Waals surface area contributed by atoms with Crippen LogP contribution < -0.4 is 0 Å². The van der Waals surface area contributed by atoms with Crippen molar-refractivity contribution in [1.82, 2.24) is 4.98 Å². The molecule has 0 bridgehead atoms. The number of carbonyl (C=O) groups is 1. The molecule has 0 aliphatic rings. The lowest BCUT2D eigenvalue weighted by atomic mass is 10.1. The number of benzene rings is 1. The number of hydrogen-bond acceptors (Lipinski definition) is 2. The summed E-state index contributed by atoms with van der Waals surface area (Å²) in [6, 6.07) is 9.33. The Kier molecular flexibility index (Phi) is 2.57. The quantitative estimate of drug-likeness (QED) is 0.678. The molecule has 0 amide bonds. The first-order chi connectivity index (χ1) is 7.66. The number of hydrogen-bond donors (Lipinski definition) is 1. The van der Waals surface area contributed by atoms with E-state index in [1.165, 1.54) is 0 Å². The molecule has 1 N–H and O–H groups in total. The summed E-state index contributed by atoms with van der Waals surface area (Å²) >= 11 is 0. The molecule has 0 unspecified atom stereocenters. The molecule has 1 aromatic heterocycles. The third-order valence-electron chi connectivity index (χ3n) is 2.15. The Morgan fingerprint density at radius 3 is 2.88 bits per heavy atom. The average Bonchev–Trinajstić information content (AvgIpc) is 2.25. The molecule has 0 fully saturated rings. The highest BCUT2D eigenvalue weighted by Crippen LogP contribution is 2.16. The normalized spacial score (nSPS) is 9.56. The number of carboxylic acid groups (broad SMARTS) is 1. The molecule has 0 aliphatic heterocycles. The van der Waals surface area contributed by atoms with E-state index in [1.807, 2.05) is 31.2 Å². The van der Waals surface area contributed by atoms with Crippen molar-refractivity contribution in [3.8, 4) is 11.8 Å². The maximum atomic E-state index is 10.4. The average molecular weight is 211 g/mol. The number of para-hydroxylation sites is 1. The van der Waals surface area contributed by atoms with Crippen LogP contribution >= 0.6 is 0 Å². The molecule has 1 heterocycles. The summed E-state index contributed by atoms with van der Waals surface area (Å²) in [6.45, 7) is 1.86. The molecule has 0 saturated carbocycles. The molecule has 0 radical (unpaired) electrons. The summed E-state index contributed by atoms with van der Waals surface area (Å²) in [5.41, 5.74) is 2.36. The number of aryl methyl sites for hydroxylation is 1. The lowest BCUT2D eigenvalue weighted by Gasteiger charge is -2.01. The number of pyridine rings is 1. The van der Waals surface area contributed by atoms with Crippen LogP contribution in [0.5, 0.6) is 0 Å². The first-order valence-electron chi connectivity index (χ1n) is 4.78. The van der Waals surface area contributed by atoms with E-state index in [0.717, 1.165) is 16.6 Å². The molecule has 3 heteroatoms. The van der Waals surface area contributed by atoms with Gasteiger partial charge < -0.3 is 5.11 Å². The molecule has 0 aliphatic carbocycles. The van der Waals surface area contributed by atoms with Crippen molar-refractivity contribution in [2.45, 2.75) is 6.92 Å². The molecular formula is C13H9NO2. The van der Waals surface area contributed by atoms with Gasteiger partial charge in [-0.15, -0.1) is 0 Å². The lowest BCUT2D eigenvalue weighted by molar-refractivity contribution is -0.130. The lowest BCUT2D eigenvalue weighted by Crippen LogP contribution is -1.90. The molecule has 0 saturated heterocycles. The van der Waals surface area contributed by atoms with E-state index in [0.29, 0.717) is 5.56 Å². The van der Waals surface area contributed by atoms with E-state index in [9.17, 15) is 4.79 Å². The van der Waals surface area contributed by atoms with Gasteiger partial charge >= 0.3 is 5.97 Å². The van der Waals surface area contributed by atoms with Crippen molar-refractivity contribution in [1.29, 1.82) is 0 Å². The SMILES string of the molecule is Cc1cc(C#CC(=O)O)c2ccccc2n1. The van der Waals surface area contributed by atoms with Crippen LogP contribution in [-0.4, -0.2) is 16.1 Å². The minimum Gasteiger partial charge on any atom is -0.472 e. The van der Waals surface area contributed by atoms with Crippen LogP contribution in [0.3, 0.4) is 0 Å². The maximum Gasteiger partial charge on any atom is 0.382 e. The standard InChI is InChI=1S/C13H9NO2/c1-9-8-10(6-7-13(15)16)11-4-2-3-5-12(11)14-9/h2-5,8H,1H3,(H,15,16). The first kappa shape index (κ1) is 10.2. The van der Waals surface area contributed by atoms with Crippen molar-refractivity contribution >= 4 is 16.9 Å². The second kappa shape index (κ2) is 4.03. The maximum absolute atomic E-state index is 10.4. The summed E-state index contributed by atoms with van der Waals surface area (Å²) < 4.78 is 0. The smallest absolute Gasteiger partial charge is 0.382 e. The first-order valence-corrected chi connectivity index (χ1v) is 4.78. The van der Waals surface area contributed by atoms with Crippen molar-refractivity contribution in [3.05, 3.63) is 41.6 Å². The Bertz CT molecular complexity index is 621. The molecule has 0 atom stereocenters. The molecule has 0 spiro atoms. The molecule has 1 aromatic carbocycles. The van der Waals surface area contributed by atoms with E-state index < -0.39 is 5.97 Å². The zero-order valence-corrected chi connectivity index (χ0v) is 8.69. The number of carboxylic acids is 1. The van der Waals surface area contributed by atoms with E-state index in [-0.39, 0.29) is 0 Å². The van der Waals surface area contributed by atoms with Crippen LogP contribution in [-0.2, 0) is 4.79 Å². The molecular weight excluding hydrogens is 202 g/mol. The van der Waals surface area contributed by atoms with Crippen molar-refractivity contribution in [2.24, 2.45) is 0 Å². The van der Waals surface area contributed by atoms with E-state index in [1.54, 1.807) is 6.07 Å². The van der Waals surface area contributed by atoms with E-state index >= 15 is 0 Å². The molecule has 78 valence electrons. The largest absolute Gasteiger partial charge is 0.472 e. The predicted octanol–water partition coefficient (Wildman–Crippen LogP) is 1.98. The monoisotopic (exact) mass is 211 g/mol. The van der Waals surface area contributed by atoms with Crippen LogP contribution in [0.4, 0.5) is 0 Å². The number of rotatable bonds is 0. The second-order valence-corrected chi connectivity index (χ2v) is 3.38. The number of aromatic nitrogens is 1. The second-order valence-electron chi connectivity index (χ2n) is 3.38. The van der Waals surface area contributed by atoms with Gasteiger partial charge in [-0.3, -0.25) is 4.98 Å². The minimum absolute atomic E-state index is 0.700. The van der Waals surface area contributed by atoms with Gasteiger partial charge in [0.25, 0.3) is 0 Å².